The highest BCUT2D eigenvalue weighted by atomic mass is 35.5. The second kappa shape index (κ2) is 6.36. The molecule has 0 aliphatic carbocycles. The van der Waals surface area contributed by atoms with Crippen molar-refractivity contribution >= 4 is 22.4 Å². The topological polar surface area (TPSA) is 49.4 Å². The minimum atomic E-state index is -3.00. The molecule has 17 heavy (non-hydrogen) atoms. The molecule has 0 spiro atoms. The van der Waals surface area contributed by atoms with E-state index in [2.05, 4.69) is 5.32 Å². The fourth-order valence-electron chi connectivity index (χ4n) is 2.62. The third-order valence-electron chi connectivity index (χ3n) is 3.64. The zero-order valence-corrected chi connectivity index (χ0v) is 12.0. The standard InChI is InChI=1S/C11H22N2O2S.ClH/c1-2-3-8-16(14,15)13-7-6-10-4-5-11(9-13)12-10;/h10-12H,2-9H2,1H3;1H. The van der Waals surface area contributed by atoms with E-state index >= 15 is 0 Å². The number of rotatable bonds is 4. The van der Waals surface area contributed by atoms with E-state index in [9.17, 15) is 8.42 Å². The maximum atomic E-state index is 12.1. The van der Waals surface area contributed by atoms with E-state index in [4.69, 9.17) is 0 Å². The number of halogens is 1. The van der Waals surface area contributed by atoms with E-state index < -0.39 is 10.0 Å². The molecule has 0 amide bonds. The van der Waals surface area contributed by atoms with Gasteiger partial charge >= 0.3 is 0 Å². The van der Waals surface area contributed by atoms with Crippen LogP contribution in [0.4, 0.5) is 0 Å². The van der Waals surface area contributed by atoms with Crippen molar-refractivity contribution in [2.24, 2.45) is 0 Å². The van der Waals surface area contributed by atoms with Gasteiger partial charge in [0.15, 0.2) is 0 Å². The summed E-state index contributed by atoms with van der Waals surface area (Å²) in [6.07, 6.45) is 5.04. The first-order valence-corrected chi connectivity index (χ1v) is 7.96. The van der Waals surface area contributed by atoms with Gasteiger partial charge < -0.3 is 5.32 Å². The van der Waals surface area contributed by atoms with E-state index in [1.165, 1.54) is 6.42 Å². The minimum Gasteiger partial charge on any atom is -0.310 e. The highest BCUT2D eigenvalue weighted by Crippen LogP contribution is 2.22. The van der Waals surface area contributed by atoms with Crippen molar-refractivity contribution < 1.29 is 8.42 Å². The Morgan fingerprint density at radius 2 is 1.94 bits per heavy atom. The maximum Gasteiger partial charge on any atom is 0.214 e. The molecule has 0 saturated carbocycles. The molecule has 6 heteroatoms. The van der Waals surface area contributed by atoms with Crippen LogP contribution >= 0.6 is 12.4 Å². The van der Waals surface area contributed by atoms with Crippen LogP contribution in [0.3, 0.4) is 0 Å². The van der Waals surface area contributed by atoms with Gasteiger partial charge in [-0.05, 0) is 25.7 Å². The molecule has 0 aromatic rings. The molecule has 2 atom stereocenters. The maximum absolute atomic E-state index is 12.1. The van der Waals surface area contributed by atoms with Crippen LogP contribution in [-0.2, 0) is 10.0 Å². The third kappa shape index (κ3) is 3.81. The molecule has 2 aliphatic heterocycles. The normalized spacial score (nSPS) is 29.7. The molecule has 0 aromatic heterocycles. The Hall–Kier alpha value is 0.160. The van der Waals surface area contributed by atoms with Crippen molar-refractivity contribution in [3.63, 3.8) is 0 Å². The van der Waals surface area contributed by atoms with Crippen LogP contribution in [0.15, 0.2) is 0 Å². The van der Waals surface area contributed by atoms with Crippen molar-refractivity contribution in [3.8, 4) is 0 Å². The Kier molecular flexibility index (Phi) is 5.70. The average molecular weight is 283 g/mol. The van der Waals surface area contributed by atoms with Gasteiger partial charge in [-0.1, -0.05) is 13.3 Å². The summed E-state index contributed by atoms with van der Waals surface area (Å²) in [5.41, 5.74) is 0. The molecule has 2 bridgehead atoms. The number of hydrogen-bond donors (Lipinski definition) is 1. The van der Waals surface area contributed by atoms with Crippen LogP contribution in [-0.4, -0.2) is 43.6 Å². The molecule has 2 heterocycles. The molecule has 2 rings (SSSR count). The lowest BCUT2D eigenvalue weighted by Gasteiger charge is -2.23. The van der Waals surface area contributed by atoms with Crippen LogP contribution in [0, 0.1) is 0 Å². The van der Waals surface area contributed by atoms with E-state index in [1.54, 1.807) is 4.31 Å². The van der Waals surface area contributed by atoms with Crippen molar-refractivity contribution in [2.45, 2.75) is 51.1 Å². The Morgan fingerprint density at radius 3 is 2.65 bits per heavy atom. The zero-order chi connectivity index (χ0) is 11.6. The number of sulfonamides is 1. The summed E-state index contributed by atoms with van der Waals surface area (Å²) in [6, 6.07) is 0.945. The summed E-state index contributed by atoms with van der Waals surface area (Å²) >= 11 is 0. The number of nitrogens with one attached hydrogen (secondary N) is 1. The van der Waals surface area contributed by atoms with Gasteiger partial charge in [0.2, 0.25) is 10.0 Å². The van der Waals surface area contributed by atoms with Gasteiger partial charge in [-0.25, -0.2) is 12.7 Å². The van der Waals surface area contributed by atoms with Crippen molar-refractivity contribution in [2.75, 3.05) is 18.8 Å². The lowest BCUT2D eigenvalue weighted by Crippen LogP contribution is -2.40. The minimum absolute atomic E-state index is 0. The Morgan fingerprint density at radius 1 is 1.24 bits per heavy atom. The van der Waals surface area contributed by atoms with Crippen LogP contribution < -0.4 is 5.32 Å². The zero-order valence-electron chi connectivity index (χ0n) is 10.4. The molecular formula is C11H23ClN2O2S. The molecule has 2 unspecified atom stereocenters. The van der Waals surface area contributed by atoms with E-state index in [1.807, 2.05) is 6.92 Å². The Bertz CT molecular complexity index is 334. The fourth-order valence-corrected chi connectivity index (χ4v) is 4.32. The predicted octanol–water partition coefficient (Wildman–Crippen LogP) is 1.36. The summed E-state index contributed by atoms with van der Waals surface area (Å²) in [5, 5.41) is 3.50. The highest BCUT2D eigenvalue weighted by molar-refractivity contribution is 7.89. The Labute approximate surface area is 111 Å². The lowest BCUT2D eigenvalue weighted by atomic mass is 10.1. The first-order chi connectivity index (χ1) is 7.62. The lowest BCUT2D eigenvalue weighted by molar-refractivity contribution is 0.383. The van der Waals surface area contributed by atoms with E-state index in [-0.39, 0.29) is 12.4 Å². The van der Waals surface area contributed by atoms with Crippen LogP contribution in [0.2, 0.25) is 0 Å². The number of unbranched alkanes of at least 4 members (excludes halogenated alkanes) is 1. The number of fused-ring (bicyclic) bond motifs is 2. The molecule has 1 N–H and O–H groups in total. The third-order valence-corrected chi connectivity index (χ3v) is 5.56. The van der Waals surface area contributed by atoms with E-state index in [0.29, 0.717) is 30.9 Å². The van der Waals surface area contributed by atoms with Gasteiger partial charge in [-0.3, -0.25) is 0 Å². The van der Waals surface area contributed by atoms with Gasteiger partial charge in [-0.15, -0.1) is 12.4 Å². The largest absolute Gasteiger partial charge is 0.310 e. The summed E-state index contributed by atoms with van der Waals surface area (Å²) in [6.45, 7) is 3.42. The quantitative estimate of drug-likeness (QED) is 0.847. The van der Waals surface area contributed by atoms with Gasteiger partial charge in [0.25, 0.3) is 0 Å². The van der Waals surface area contributed by atoms with Crippen molar-refractivity contribution in [1.82, 2.24) is 9.62 Å². The summed E-state index contributed by atoms with van der Waals surface area (Å²) < 4.78 is 25.9. The van der Waals surface area contributed by atoms with Gasteiger partial charge in [0, 0.05) is 25.2 Å². The highest BCUT2D eigenvalue weighted by Gasteiger charge is 2.33. The molecule has 0 aromatic carbocycles. The molecule has 102 valence electrons. The van der Waals surface area contributed by atoms with Crippen molar-refractivity contribution in [1.29, 1.82) is 0 Å². The first-order valence-electron chi connectivity index (χ1n) is 6.35. The first kappa shape index (κ1) is 15.2. The van der Waals surface area contributed by atoms with E-state index in [0.717, 1.165) is 25.7 Å². The summed E-state index contributed by atoms with van der Waals surface area (Å²) in [5.74, 6) is 0.320. The average Bonchev–Trinajstić information content (AvgIpc) is 2.54. The Balaban J connectivity index is 0.00000144. The van der Waals surface area contributed by atoms with Gasteiger partial charge in [0.05, 0.1) is 5.75 Å². The van der Waals surface area contributed by atoms with Crippen molar-refractivity contribution in [3.05, 3.63) is 0 Å². The van der Waals surface area contributed by atoms with Crippen LogP contribution in [0.1, 0.15) is 39.0 Å². The predicted molar refractivity (Wildman–Crippen MR) is 72.1 cm³/mol. The second-order valence-corrected chi connectivity index (χ2v) is 7.04. The SMILES string of the molecule is CCCCS(=O)(=O)N1CCC2CCC(C1)N2.Cl. The smallest absolute Gasteiger partial charge is 0.214 e. The van der Waals surface area contributed by atoms with Crippen LogP contribution in [0.25, 0.3) is 0 Å². The van der Waals surface area contributed by atoms with Gasteiger partial charge in [-0.2, -0.15) is 0 Å². The number of nitrogens with zero attached hydrogens (tertiary/aromatic N) is 1. The molecule has 2 fully saturated rings. The molecule has 2 aliphatic rings. The molecule has 0 radical (unpaired) electrons. The number of hydrogen-bond acceptors (Lipinski definition) is 3. The summed E-state index contributed by atoms with van der Waals surface area (Å²) in [4.78, 5) is 0. The second-order valence-electron chi connectivity index (χ2n) is 4.95. The van der Waals surface area contributed by atoms with Crippen LogP contribution in [0.5, 0.6) is 0 Å². The fraction of sp³-hybridized carbons (Fsp3) is 1.00. The molecule has 2 saturated heterocycles. The molecule has 4 nitrogen and oxygen atoms in total. The monoisotopic (exact) mass is 282 g/mol. The van der Waals surface area contributed by atoms with Gasteiger partial charge in [0.1, 0.15) is 0 Å². The molecular weight excluding hydrogens is 260 g/mol. The summed E-state index contributed by atoms with van der Waals surface area (Å²) in [7, 11) is -3.00.